The molecule has 5 aromatic heterocycles. The van der Waals surface area contributed by atoms with Gasteiger partial charge in [-0.15, -0.1) is 0 Å². The maximum absolute atomic E-state index is 5.08. The predicted octanol–water partition coefficient (Wildman–Crippen LogP) is 12.8. The van der Waals surface area contributed by atoms with Crippen molar-refractivity contribution in [3.63, 3.8) is 0 Å². The monoisotopic (exact) mass is 780 g/mol. The summed E-state index contributed by atoms with van der Waals surface area (Å²) >= 11 is 0. The Labute approximate surface area is 349 Å². The fraction of sp³-hybridized carbons (Fsp3) is 0. The van der Waals surface area contributed by atoms with E-state index in [9.17, 15) is 0 Å². The van der Waals surface area contributed by atoms with Crippen LogP contribution in [0.3, 0.4) is 0 Å². The van der Waals surface area contributed by atoms with Gasteiger partial charge in [0.2, 0.25) is 5.95 Å². The lowest BCUT2D eigenvalue weighted by Gasteiger charge is -2.34. The van der Waals surface area contributed by atoms with E-state index in [-0.39, 0.29) is 0 Å². The minimum absolute atomic E-state index is 0.526. The van der Waals surface area contributed by atoms with Crippen molar-refractivity contribution in [1.29, 1.82) is 0 Å². The third-order valence-corrected chi connectivity index (χ3v) is 12.0. The molecule has 0 fully saturated rings. The number of hydrogen-bond acceptors (Lipinski definition) is 6. The number of benzene rings is 7. The summed E-state index contributed by atoms with van der Waals surface area (Å²) in [6.45, 7) is 0. The number of hydrogen-bond donors (Lipinski definition) is 0. The lowest BCUT2D eigenvalue weighted by atomic mass is 9.99. The van der Waals surface area contributed by atoms with Crippen molar-refractivity contribution in [1.82, 2.24) is 34.1 Å². The third-order valence-electron chi connectivity index (χ3n) is 12.0. The number of anilines is 3. The normalized spacial score (nSPS) is 12.2. The molecule has 12 aromatic rings. The van der Waals surface area contributed by atoms with E-state index in [0.29, 0.717) is 17.6 Å². The second-order valence-electron chi connectivity index (χ2n) is 15.4. The molecule has 0 saturated carbocycles. The average molecular weight is 781 g/mol. The molecular formula is C53H32N8. The van der Waals surface area contributed by atoms with E-state index in [0.717, 1.165) is 61.1 Å². The number of para-hydroxylation sites is 4. The fourth-order valence-corrected chi connectivity index (χ4v) is 9.36. The van der Waals surface area contributed by atoms with Gasteiger partial charge in [-0.2, -0.15) is 9.97 Å². The molecule has 0 spiro atoms. The highest BCUT2D eigenvalue weighted by molar-refractivity contribution is 6.24. The molecule has 8 heteroatoms. The molecule has 0 saturated heterocycles. The van der Waals surface area contributed by atoms with Gasteiger partial charge in [0.05, 0.1) is 39.1 Å². The first kappa shape index (κ1) is 33.5. The van der Waals surface area contributed by atoms with E-state index in [2.05, 4.69) is 170 Å². The summed E-state index contributed by atoms with van der Waals surface area (Å²) in [6, 6.07) is 60.5. The summed E-state index contributed by atoms with van der Waals surface area (Å²) in [6.07, 6.45) is 7.07. The van der Waals surface area contributed by atoms with E-state index in [4.69, 9.17) is 15.0 Å². The van der Waals surface area contributed by atoms with E-state index < -0.39 is 0 Å². The van der Waals surface area contributed by atoms with Gasteiger partial charge in [-0.25, -0.2) is 4.98 Å². The van der Waals surface area contributed by atoms with E-state index in [1.165, 1.54) is 38.3 Å². The standard InChI is InChI=1S/C53H32N8/c1-2-15-38(16-3-1)59-46-20-8-9-21-47(46)60-48-30-34(22-24-41(48)43-29-35-12-4-5-17-39(35)49(59)50(43)60)33-23-25-45-42(28-33)40-18-6-7-19-44(40)61(45)53-57-51(36-13-10-26-54-31-36)56-52(58-53)37-14-11-27-55-32-37/h1-32H. The molecule has 0 amide bonds. The van der Waals surface area contributed by atoms with Crippen molar-refractivity contribution in [2.24, 2.45) is 0 Å². The minimum Gasteiger partial charge on any atom is -0.306 e. The first-order chi connectivity index (χ1) is 30.3. The zero-order valence-electron chi connectivity index (χ0n) is 32.6. The van der Waals surface area contributed by atoms with Crippen LogP contribution < -0.4 is 4.90 Å². The fourth-order valence-electron chi connectivity index (χ4n) is 9.36. The van der Waals surface area contributed by atoms with Gasteiger partial charge in [-0.05, 0) is 95.4 Å². The third kappa shape index (κ3) is 5.03. The van der Waals surface area contributed by atoms with Crippen molar-refractivity contribution < 1.29 is 0 Å². The molecule has 61 heavy (non-hydrogen) atoms. The van der Waals surface area contributed by atoms with Crippen molar-refractivity contribution in [3.8, 4) is 45.5 Å². The lowest BCUT2D eigenvalue weighted by molar-refractivity contribution is 0.951. The van der Waals surface area contributed by atoms with Crippen LogP contribution >= 0.6 is 0 Å². The Bertz CT molecular complexity index is 3650. The number of rotatable bonds is 5. The molecule has 13 rings (SSSR count). The summed E-state index contributed by atoms with van der Waals surface area (Å²) in [5.74, 6) is 1.61. The molecule has 0 bridgehead atoms. The Kier molecular flexibility index (Phi) is 7.14. The van der Waals surface area contributed by atoms with Gasteiger partial charge in [0.1, 0.15) is 0 Å². The zero-order valence-corrected chi connectivity index (χ0v) is 32.6. The van der Waals surface area contributed by atoms with Gasteiger partial charge >= 0.3 is 0 Å². The van der Waals surface area contributed by atoms with Crippen LogP contribution in [0.5, 0.6) is 0 Å². The minimum atomic E-state index is 0.526. The molecule has 0 unspecified atom stereocenters. The Morgan fingerprint density at radius 3 is 1.79 bits per heavy atom. The summed E-state index contributed by atoms with van der Waals surface area (Å²) in [4.78, 5) is 26.2. The quantitative estimate of drug-likeness (QED) is 0.173. The van der Waals surface area contributed by atoms with Gasteiger partial charge in [-0.1, -0.05) is 91.0 Å². The molecule has 284 valence electrons. The highest BCUT2D eigenvalue weighted by Gasteiger charge is 2.30. The topological polar surface area (TPSA) is 77.5 Å². The van der Waals surface area contributed by atoms with E-state index >= 15 is 0 Å². The summed E-state index contributed by atoms with van der Waals surface area (Å²) in [5, 5.41) is 7.11. The smallest absolute Gasteiger partial charge is 0.238 e. The Morgan fingerprint density at radius 2 is 1.02 bits per heavy atom. The Balaban J connectivity index is 1.03. The first-order valence-electron chi connectivity index (χ1n) is 20.3. The highest BCUT2D eigenvalue weighted by atomic mass is 15.2. The maximum Gasteiger partial charge on any atom is 0.238 e. The number of pyridine rings is 2. The number of aromatic nitrogens is 7. The van der Waals surface area contributed by atoms with Crippen LogP contribution in [0, 0.1) is 0 Å². The van der Waals surface area contributed by atoms with Gasteiger partial charge in [0.25, 0.3) is 0 Å². The summed E-state index contributed by atoms with van der Waals surface area (Å²) < 4.78 is 4.63. The maximum atomic E-state index is 5.08. The zero-order chi connectivity index (χ0) is 40.0. The summed E-state index contributed by atoms with van der Waals surface area (Å²) in [7, 11) is 0. The van der Waals surface area contributed by atoms with Crippen molar-refractivity contribution in [2.45, 2.75) is 0 Å². The molecule has 8 nitrogen and oxygen atoms in total. The molecule has 0 atom stereocenters. The summed E-state index contributed by atoms with van der Waals surface area (Å²) in [5.41, 5.74) is 12.9. The van der Waals surface area contributed by atoms with Gasteiger partial charge in [0.15, 0.2) is 11.6 Å². The van der Waals surface area contributed by atoms with Crippen LogP contribution in [0.2, 0.25) is 0 Å². The number of fused-ring (bicyclic) bond motifs is 10. The Hall–Kier alpha value is -8.49. The van der Waals surface area contributed by atoms with Gasteiger partial charge in [0, 0.05) is 68.5 Å². The van der Waals surface area contributed by atoms with Gasteiger partial charge < -0.3 is 9.47 Å². The van der Waals surface area contributed by atoms with Crippen LogP contribution in [-0.4, -0.2) is 34.1 Å². The van der Waals surface area contributed by atoms with Crippen molar-refractivity contribution in [2.75, 3.05) is 4.90 Å². The largest absolute Gasteiger partial charge is 0.306 e. The molecule has 0 N–H and O–H groups in total. The predicted molar refractivity (Wildman–Crippen MR) is 246 cm³/mol. The SMILES string of the molecule is c1ccc(N2c3ccccc3-n3c4cc(-c5ccc6c(c5)c5ccccc5n6-c5nc(-c6cccnc6)nc(-c6cccnc6)n5)ccc4c4cc5ccccc5c2c43)cc1. The van der Waals surface area contributed by atoms with Crippen molar-refractivity contribution >= 4 is 71.4 Å². The average Bonchev–Trinajstić information content (AvgIpc) is 3.84. The molecule has 6 heterocycles. The lowest BCUT2D eigenvalue weighted by Crippen LogP contribution is -2.18. The second kappa shape index (κ2) is 13.0. The molecule has 1 aliphatic heterocycles. The number of nitrogens with zero attached hydrogens (tertiary/aromatic N) is 8. The first-order valence-corrected chi connectivity index (χ1v) is 20.3. The molecule has 0 aliphatic carbocycles. The van der Waals surface area contributed by atoms with Crippen LogP contribution in [0.25, 0.3) is 99.9 Å². The van der Waals surface area contributed by atoms with Crippen LogP contribution in [0.15, 0.2) is 195 Å². The van der Waals surface area contributed by atoms with Crippen LogP contribution in [0.1, 0.15) is 0 Å². The highest BCUT2D eigenvalue weighted by Crippen LogP contribution is 2.52. The molecule has 7 aromatic carbocycles. The Morgan fingerprint density at radius 1 is 0.377 bits per heavy atom. The van der Waals surface area contributed by atoms with Crippen LogP contribution in [-0.2, 0) is 0 Å². The van der Waals surface area contributed by atoms with Crippen molar-refractivity contribution in [3.05, 3.63) is 195 Å². The molecule has 0 radical (unpaired) electrons. The van der Waals surface area contributed by atoms with E-state index in [1.54, 1.807) is 24.8 Å². The van der Waals surface area contributed by atoms with Crippen LogP contribution in [0.4, 0.5) is 17.1 Å². The van der Waals surface area contributed by atoms with Gasteiger partial charge in [-0.3, -0.25) is 14.5 Å². The van der Waals surface area contributed by atoms with E-state index in [1.807, 2.05) is 24.3 Å². The molecular weight excluding hydrogens is 749 g/mol. The second-order valence-corrected chi connectivity index (χ2v) is 15.4. The molecule has 1 aliphatic rings.